The summed E-state index contributed by atoms with van der Waals surface area (Å²) in [6.45, 7) is 4.10. The number of aliphatic hydroxyl groups is 1. The van der Waals surface area contributed by atoms with E-state index in [1.54, 1.807) is 0 Å². The Hall–Kier alpha value is -0.820. The fourth-order valence-corrected chi connectivity index (χ4v) is 2.69. The van der Waals surface area contributed by atoms with Gasteiger partial charge >= 0.3 is 0 Å². The molecule has 1 aromatic carbocycles. The first-order chi connectivity index (χ1) is 7.68. The molecule has 0 saturated heterocycles. The molecule has 1 fully saturated rings. The molecule has 0 aliphatic heterocycles. The minimum Gasteiger partial charge on any atom is -0.393 e. The molecule has 1 aliphatic carbocycles. The van der Waals surface area contributed by atoms with Crippen LogP contribution < -0.4 is 0 Å². The molecule has 0 heterocycles. The molecule has 16 heavy (non-hydrogen) atoms. The molecule has 1 heteroatoms. The maximum atomic E-state index is 9.48. The van der Waals surface area contributed by atoms with Crippen molar-refractivity contribution in [2.45, 2.75) is 57.5 Å². The molecule has 0 spiro atoms. The molecule has 1 aromatic rings. The lowest BCUT2D eigenvalue weighted by molar-refractivity contribution is 0.176. The second kappa shape index (κ2) is 5.01. The molecular formula is C15H22O. The highest BCUT2D eigenvalue weighted by molar-refractivity contribution is 5.34. The van der Waals surface area contributed by atoms with E-state index in [1.807, 2.05) is 6.92 Å². The van der Waals surface area contributed by atoms with Crippen molar-refractivity contribution < 1.29 is 5.11 Å². The third-order valence-corrected chi connectivity index (χ3v) is 3.77. The van der Waals surface area contributed by atoms with Crippen LogP contribution in [0, 0.1) is 0 Å². The Balaban J connectivity index is 2.18. The van der Waals surface area contributed by atoms with Crippen LogP contribution >= 0.6 is 0 Å². The second-order valence-corrected chi connectivity index (χ2v) is 5.24. The van der Waals surface area contributed by atoms with Gasteiger partial charge in [0.25, 0.3) is 0 Å². The van der Waals surface area contributed by atoms with Crippen LogP contribution in [-0.2, 0) is 0 Å². The van der Waals surface area contributed by atoms with Gasteiger partial charge in [0.05, 0.1) is 6.10 Å². The number of aliphatic hydroxyl groups excluding tert-OH is 1. The van der Waals surface area contributed by atoms with E-state index in [9.17, 15) is 5.11 Å². The third kappa shape index (κ3) is 2.46. The van der Waals surface area contributed by atoms with Crippen LogP contribution in [-0.4, -0.2) is 11.2 Å². The summed E-state index contributed by atoms with van der Waals surface area (Å²) < 4.78 is 0. The molecule has 88 valence electrons. The summed E-state index contributed by atoms with van der Waals surface area (Å²) in [7, 11) is 0. The molecule has 1 N–H and O–H groups in total. The van der Waals surface area contributed by atoms with Crippen molar-refractivity contribution in [1.29, 1.82) is 0 Å². The highest BCUT2D eigenvalue weighted by Crippen LogP contribution is 2.40. The van der Waals surface area contributed by atoms with Crippen molar-refractivity contribution >= 4 is 0 Å². The Bertz CT molecular complexity index is 339. The predicted molar refractivity (Wildman–Crippen MR) is 67.7 cm³/mol. The second-order valence-electron chi connectivity index (χ2n) is 5.24. The lowest BCUT2D eigenvalue weighted by atomic mass is 9.76. The van der Waals surface area contributed by atoms with Gasteiger partial charge in [-0.2, -0.15) is 0 Å². The van der Waals surface area contributed by atoms with Gasteiger partial charge in [-0.1, -0.05) is 37.6 Å². The highest BCUT2D eigenvalue weighted by atomic mass is 16.3. The van der Waals surface area contributed by atoms with Crippen molar-refractivity contribution in [3.8, 4) is 0 Å². The molecular weight excluding hydrogens is 196 g/mol. The summed E-state index contributed by atoms with van der Waals surface area (Å²) in [6.07, 6.45) is 4.73. The molecule has 0 amide bonds. The maximum absolute atomic E-state index is 9.48. The number of hydrogen-bond acceptors (Lipinski definition) is 1. The number of rotatable bonds is 4. The zero-order valence-electron chi connectivity index (χ0n) is 10.3. The van der Waals surface area contributed by atoms with Gasteiger partial charge in [0.1, 0.15) is 0 Å². The van der Waals surface area contributed by atoms with Gasteiger partial charge in [0, 0.05) is 0 Å². The summed E-state index contributed by atoms with van der Waals surface area (Å²) >= 11 is 0. The minimum absolute atomic E-state index is 0.204. The fraction of sp³-hybridized carbons (Fsp3) is 0.600. The van der Waals surface area contributed by atoms with Crippen LogP contribution in [0.4, 0.5) is 0 Å². The minimum atomic E-state index is -0.204. The van der Waals surface area contributed by atoms with Crippen LogP contribution in [0.1, 0.15) is 62.5 Å². The van der Waals surface area contributed by atoms with E-state index in [4.69, 9.17) is 0 Å². The molecule has 0 bridgehead atoms. The lowest BCUT2D eigenvalue weighted by Gasteiger charge is -2.30. The lowest BCUT2D eigenvalue weighted by Crippen LogP contribution is -2.14. The molecule has 2 atom stereocenters. The quantitative estimate of drug-likeness (QED) is 0.814. The Morgan fingerprint density at radius 1 is 1.25 bits per heavy atom. The summed E-state index contributed by atoms with van der Waals surface area (Å²) in [6, 6.07) is 8.78. The first kappa shape index (κ1) is 11.7. The average molecular weight is 218 g/mol. The maximum Gasteiger partial charge on any atom is 0.0517 e. The van der Waals surface area contributed by atoms with Crippen molar-refractivity contribution in [2.75, 3.05) is 0 Å². The standard InChI is InChI=1S/C15H22O/c1-11(10-12(2)16)14-8-3-4-9-15(14)13-6-5-7-13/h3-4,8-9,11-13,16H,5-7,10H2,1-2H3. The van der Waals surface area contributed by atoms with Gasteiger partial charge in [-0.05, 0) is 49.1 Å². The fourth-order valence-electron chi connectivity index (χ4n) is 2.69. The molecule has 0 aromatic heterocycles. The SMILES string of the molecule is CC(O)CC(C)c1ccccc1C1CCC1. The average Bonchev–Trinajstić information content (AvgIpc) is 2.14. The normalized spacial score (nSPS) is 20.2. The molecule has 1 aliphatic rings. The van der Waals surface area contributed by atoms with Crippen molar-refractivity contribution in [3.05, 3.63) is 35.4 Å². The molecule has 1 saturated carbocycles. The summed E-state index contributed by atoms with van der Waals surface area (Å²) in [5.74, 6) is 1.25. The van der Waals surface area contributed by atoms with Crippen LogP contribution in [0.15, 0.2) is 24.3 Å². The largest absolute Gasteiger partial charge is 0.393 e. The number of hydrogen-bond donors (Lipinski definition) is 1. The Kier molecular flexibility index (Phi) is 3.65. The summed E-state index contributed by atoms with van der Waals surface area (Å²) in [5, 5.41) is 9.48. The van der Waals surface area contributed by atoms with Crippen molar-refractivity contribution in [3.63, 3.8) is 0 Å². The monoisotopic (exact) mass is 218 g/mol. The van der Waals surface area contributed by atoms with Gasteiger partial charge in [0.15, 0.2) is 0 Å². The highest BCUT2D eigenvalue weighted by Gasteiger charge is 2.23. The number of benzene rings is 1. The van der Waals surface area contributed by atoms with E-state index in [1.165, 1.54) is 30.4 Å². The van der Waals surface area contributed by atoms with E-state index in [0.717, 1.165) is 12.3 Å². The van der Waals surface area contributed by atoms with Crippen LogP contribution in [0.2, 0.25) is 0 Å². The molecule has 1 nitrogen and oxygen atoms in total. The van der Waals surface area contributed by atoms with Crippen molar-refractivity contribution in [2.24, 2.45) is 0 Å². The van der Waals surface area contributed by atoms with Crippen LogP contribution in [0.3, 0.4) is 0 Å². The zero-order valence-corrected chi connectivity index (χ0v) is 10.3. The summed E-state index contributed by atoms with van der Waals surface area (Å²) in [5.41, 5.74) is 2.98. The molecule has 2 unspecified atom stereocenters. The van der Waals surface area contributed by atoms with Gasteiger partial charge in [0.2, 0.25) is 0 Å². The third-order valence-electron chi connectivity index (χ3n) is 3.77. The van der Waals surface area contributed by atoms with Gasteiger partial charge in [-0.15, -0.1) is 0 Å². The smallest absolute Gasteiger partial charge is 0.0517 e. The van der Waals surface area contributed by atoms with Crippen molar-refractivity contribution in [1.82, 2.24) is 0 Å². The van der Waals surface area contributed by atoms with Gasteiger partial charge in [-0.3, -0.25) is 0 Å². The van der Waals surface area contributed by atoms with E-state index in [2.05, 4.69) is 31.2 Å². The predicted octanol–water partition coefficient (Wildman–Crippen LogP) is 3.83. The Morgan fingerprint density at radius 2 is 1.94 bits per heavy atom. The first-order valence-corrected chi connectivity index (χ1v) is 6.45. The Morgan fingerprint density at radius 3 is 2.50 bits per heavy atom. The van der Waals surface area contributed by atoms with E-state index in [-0.39, 0.29) is 6.10 Å². The van der Waals surface area contributed by atoms with E-state index in [0.29, 0.717) is 5.92 Å². The van der Waals surface area contributed by atoms with E-state index >= 15 is 0 Å². The van der Waals surface area contributed by atoms with Crippen LogP contribution in [0.25, 0.3) is 0 Å². The van der Waals surface area contributed by atoms with Gasteiger partial charge < -0.3 is 5.11 Å². The van der Waals surface area contributed by atoms with E-state index < -0.39 is 0 Å². The topological polar surface area (TPSA) is 20.2 Å². The van der Waals surface area contributed by atoms with Crippen LogP contribution in [0.5, 0.6) is 0 Å². The van der Waals surface area contributed by atoms with Gasteiger partial charge in [-0.25, -0.2) is 0 Å². The Labute approximate surface area is 98.5 Å². The zero-order chi connectivity index (χ0) is 11.5. The molecule has 0 radical (unpaired) electrons. The molecule has 2 rings (SSSR count). The first-order valence-electron chi connectivity index (χ1n) is 6.45. The summed E-state index contributed by atoms with van der Waals surface area (Å²) in [4.78, 5) is 0.